The molecule has 0 bridgehead atoms. The second kappa shape index (κ2) is 9.19. The highest BCUT2D eigenvalue weighted by Crippen LogP contribution is 2.37. The first-order valence-electron chi connectivity index (χ1n) is 10.6. The highest BCUT2D eigenvalue weighted by atomic mass is 79.9. The van der Waals surface area contributed by atoms with Crippen molar-refractivity contribution in [2.75, 3.05) is 13.2 Å². The quantitative estimate of drug-likeness (QED) is 0.156. The number of ether oxygens (including phenoxy) is 2. The van der Waals surface area contributed by atoms with E-state index < -0.39 is 16.3 Å². The Bertz CT molecular complexity index is 1580. The molecule has 0 spiro atoms. The molecule has 5 rings (SSSR count). The van der Waals surface area contributed by atoms with Crippen molar-refractivity contribution in [2.45, 2.75) is 0 Å². The molecular weight excluding hydrogens is 516 g/mol. The number of nitrogens with zero attached hydrogens (tertiary/aromatic N) is 1. The number of H-pyrrole nitrogens is 1. The molecule has 1 aliphatic rings. The number of rotatable bonds is 5. The fourth-order valence-corrected chi connectivity index (χ4v) is 4.40. The summed E-state index contributed by atoms with van der Waals surface area (Å²) in [5.74, 6) is 0.0397. The molecule has 0 unspecified atom stereocenters. The summed E-state index contributed by atoms with van der Waals surface area (Å²) < 4.78 is 11.7. The van der Waals surface area contributed by atoms with E-state index in [9.17, 15) is 19.7 Å². The standard InChI is InChI=1S/C26H17BrN2O6/c27-17-7-8-19-18(13-17)24(15-4-2-1-3-5-15)25(26(31)28-19)21(30)9-6-16-12-22-23(35-11-10-34-22)14-20(16)29(32)33/h1-9,12-14H,10-11H2,(H,28,31). The summed E-state index contributed by atoms with van der Waals surface area (Å²) in [6.07, 6.45) is 2.48. The van der Waals surface area contributed by atoms with Gasteiger partial charge in [0.1, 0.15) is 13.2 Å². The number of allylic oxidation sites excluding steroid dienone is 1. The van der Waals surface area contributed by atoms with Gasteiger partial charge in [0.15, 0.2) is 17.3 Å². The van der Waals surface area contributed by atoms with Crippen LogP contribution in [0.3, 0.4) is 0 Å². The molecule has 1 aromatic heterocycles. The summed E-state index contributed by atoms with van der Waals surface area (Å²) in [6, 6.07) is 17.3. The van der Waals surface area contributed by atoms with Gasteiger partial charge in [0, 0.05) is 20.9 Å². The summed E-state index contributed by atoms with van der Waals surface area (Å²) in [6.45, 7) is 0.607. The van der Waals surface area contributed by atoms with Crippen LogP contribution in [0.15, 0.2) is 76.0 Å². The summed E-state index contributed by atoms with van der Waals surface area (Å²) in [5.41, 5.74) is 1.08. The van der Waals surface area contributed by atoms with Gasteiger partial charge in [0.05, 0.1) is 22.1 Å². The van der Waals surface area contributed by atoms with E-state index in [1.54, 1.807) is 12.1 Å². The number of nitro groups is 1. The minimum Gasteiger partial charge on any atom is -0.486 e. The van der Waals surface area contributed by atoms with Crippen molar-refractivity contribution in [3.63, 3.8) is 0 Å². The van der Waals surface area contributed by atoms with Crippen LogP contribution in [0.5, 0.6) is 11.5 Å². The third-order valence-electron chi connectivity index (χ3n) is 5.59. The van der Waals surface area contributed by atoms with Crippen molar-refractivity contribution in [2.24, 2.45) is 0 Å². The molecule has 0 fully saturated rings. The molecule has 0 aliphatic carbocycles. The van der Waals surface area contributed by atoms with Crippen molar-refractivity contribution in [1.29, 1.82) is 0 Å². The molecule has 9 heteroatoms. The number of nitro benzene ring substituents is 1. The number of aromatic nitrogens is 1. The summed E-state index contributed by atoms with van der Waals surface area (Å²) in [4.78, 5) is 40.3. The van der Waals surface area contributed by atoms with Gasteiger partial charge in [-0.05, 0) is 42.0 Å². The van der Waals surface area contributed by atoms with Gasteiger partial charge < -0.3 is 14.5 Å². The van der Waals surface area contributed by atoms with Crippen LogP contribution in [0, 0.1) is 10.1 Å². The van der Waals surface area contributed by atoms with Gasteiger partial charge in [-0.2, -0.15) is 0 Å². The van der Waals surface area contributed by atoms with E-state index in [4.69, 9.17) is 9.47 Å². The SMILES string of the molecule is O=C(C=Cc1cc2c(cc1[N+](=O)[O-])OCCO2)c1c(-c2ccccc2)c2cc(Br)ccc2[nH]c1=O. The molecule has 0 atom stereocenters. The van der Waals surface area contributed by atoms with E-state index in [-0.39, 0.29) is 22.6 Å². The monoisotopic (exact) mass is 532 g/mol. The predicted molar refractivity (Wildman–Crippen MR) is 135 cm³/mol. The van der Waals surface area contributed by atoms with E-state index in [1.807, 2.05) is 36.4 Å². The van der Waals surface area contributed by atoms with Crippen LogP contribution >= 0.6 is 15.9 Å². The van der Waals surface area contributed by atoms with Crippen LogP contribution in [-0.4, -0.2) is 28.9 Å². The van der Waals surface area contributed by atoms with Crippen LogP contribution in [0.1, 0.15) is 15.9 Å². The second-order valence-electron chi connectivity index (χ2n) is 7.77. The van der Waals surface area contributed by atoms with Crippen LogP contribution in [0.4, 0.5) is 5.69 Å². The van der Waals surface area contributed by atoms with Crippen molar-refractivity contribution in [3.05, 3.63) is 103 Å². The van der Waals surface area contributed by atoms with Gasteiger partial charge in [0.25, 0.3) is 11.2 Å². The maximum Gasteiger partial charge on any atom is 0.280 e. The number of carbonyl (C=O) groups excluding carboxylic acids is 1. The topological polar surface area (TPSA) is 112 Å². The van der Waals surface area contributed by atoms with Crippen LogP contribution < -0.4 is 15.0 Å². The maximum absolute atomic E-state index is 13.4. The van der Waals surface area contributed by atoms with Gasteiger partial charge in [-0.3, -0.25) is 19.7 Å². The molecule has 1 N–H and O–H groups in total. The zero-order valence-corrected chi connectivity index (χ0v) is 19.7. The number of aromatic amines is 1. The second-order valence-corrected chi connectivity index (χ2v) is 8.69. The summed E-state index contributed by atoms with van der Waals surface area (Å²) >= 11 is 3.46. The Kier molecular flexibility index (Phi) is 5.92. The molecule has 1 aliphatic heterocycles. The minimum atomic E-state index is -0.587. The first-order chi connectivity index (χ1) is 16.9. The molecule has 3 aromatic carbocycles. The minimum absolute atomic E-state index is 0.0572. The third-order valence-corrected chi connectivity index (χ3v) is 6.08. The lowest BCUT2D eigenvalue weighted by atomic mass is 9.94. The van der Waals surface area contributed by atoms with Gasteiger partial charge >= 0.3 is 0 Å². The normalized spacial score (nSPS) is 12.7. The largest absolute Gasteiger partial charge is 0.486 e. The number of benzene rings is 3. The van der Waals surface area contributed by atoms with E-state index in [1.165, 1.54) is 24.3 Å². The average Bonchev–Trinajstić information content (AvgIpc) is 2.86. The Balaban J connectivity index is 1.66. The summed E-state index contributed by atoms with van der Waals surface area (Å²) in [7, 11) is 0. The Labute approximate surface area is 207 Å². The first-order valence-corrected chi connectivity index (χ1v) is 11.4. The van der Waals surface area contributed by atoms with Gasteiger partial charge in [0.2, 0.25) is 0 Å². The van der Waals surface area contributed by atoms with Crippen LogP contribution in [0.2, 0.25) is 0 Å². The third kappa shape index (κ3) is 4.33. The predicted octanol–water partition coefficient (Wildman–Crippen LogP) is 5.53. The zero-order valence-electron chi connectivity index (χ0n) is 18.1. The Hall–Kier alpha value is -4.24. The highest BCUT2D eigenvalue weighted by Gasteiger charge is 2.23. The van der Waals surface area contributed by atoms with Crippen molar-refractivity contribution in [3.8, 4) is 22.6 Å². The first kappa shape index (κ1) is 22.5. The molecule has 0 radical (unpaired) electrons. The smallest absolute Gasteiger partial charge is 0.280 e. The van der Waals surface area contributed by atoms with Crippen molar-refractivity contribution < 1.29 is 19.2 Å². The molecule has 0 saturated carbocycles. The lowest BCUT2D eigenvalue weighted by molar-refractivity contribution is -0.385. The number of nitrogens with one attached hydrogen (secondary N) is 1. The van der Waals surface area contributed by atoms with Crippen molar-refractivity contribution in [1.82, 2.24) is 4.98 Å². The molecule has 0 amide bonds. The number of carbonyl (C=O) groups is 1. The number of fused-ring (bicyclic) bond motifs is 2. The Morgan fingerprint density at radius 3 is 2.46 bits per heavy atom. The van der Waals surface area contributed by atoms with Crippen LogP contribution in [0.25, 0.3) is 28.1 Å². The van der Waals surface area contributed by atoms with Gasteiger partial charge in [-0.15, -0.1) is 0 Å². The molecule has 35 heavy (non-hydrogen) atoms. The van der Waals surface area contributed by atoms with E-state index in [0.717, 1.165) is 4.47 Å². The molecule has 8 nitrogen and oxygen atoms in total. The molecule has 2 heterocycles. The van der Waals surface area contributed by atoms with Gasteiger partial charge in [-0.1, -0.05) is 46.3 Å². The maximum atomic E-state index is 13.4. The molecular formula is C26H17BrN2O6. The fraction of sp³-hybridized carbons (Fsp3) is 0.0769. The number of halogens is 1. The molecule has 174 valence electrons. The Morgan fingerprint density at radius 1 is 1.03 bits per heavy atom. The van der Waals surface area contributed by atoms with Crippen LogP contribution in [-0.2, 0) is 0 Å². The zero-order chi connectivity index (χ0) is 24.5. The van der Waals surface area contributed by atoms with E-state index in [2.05, 4.69) is 20.9 Å². The molecule has 0 saturated heterocycles. The van der Waals surface area contributed by atoms with Crippen molar-refractivity contribution >= 4 is 44.4 Å². The lowest BCUT2D eigenvalue weighted by Gasteiger charge is -2.18. The number of hydrogen-bond acceptors (Lipinski definition) is 6. The number of hydrogen-bond donors (Lipinski definition) is 1. The average molecular weight is 533 g/mol. The highest BCUT2D eigenvalue weighted by molar-refractivity contribution is 9.10. The number of ketones is 1. The lowest BCUT2D eigenvalue weighted by Crippen LogP contribution is -2.18. The number of pyridine rings is 1. The van der Waals surface area contributed by atoms with E-state index in [0.29, 0.717) is 41.0 Å². The molecule has 4 aromatic rings. The summed E-state index contributed by atoms with van der Waals surface area (Å²) in [5, 5.41) is 12.3. The Morgan fingerprint density at radius 2 is 1.74 bits per heavy atom. The van der Waals surface area contributed by atoms with Gasteiger partial charge in [-0.25, -0.2) is 0 Å². The fourth-order valence-electron chi connectivity index (χ4n) is 4.04. The van der Waals surface area contributed by atoms with E-state index >= 15 is 0 Å².